The average molecular weight is 506 g/mol. The van der Waals surface area contributed by atoms with Crippen molar-refractivity contribution < 1.29 is 17.4 Å². The van der Waals surface area contributed by atoms with Crippen LogP contribution in [0.1, 0.15) is 46.7 Å². The highest BCUT2D eigenvalue weighted by Crippen LogP contribution is 2.29. The van der Waals surface area contributed by atoms with E-state index in [1.54, 1.807) is 16.8 Å². The van der Waals surface area contributed by atoms with Crippen LogP contribution in [0.5, 0.6) is 0 Å². The number of nitrogens with two attached hydrogens (primary N) is 1. The molecule has 0 spiro atoms. The minimum atomic E-state index is -3.97. The van der Waals surface area contributed by atoms with Crippen molar-refractivity contribution in [1.29, 1.82) is 0 Å². The monoisotopic (exact) mass is 505 g/mol. The molecule has 0 amide bonds. The normalized spacial score (nSPS) is 18.2. The van der Waals surface area contributed by atoms with E-state index in [2.05, 4.69) is 25.4 Å². The predicted octanol–water partition coefficient (Wildman–Crippen LogP) is 2.11. The van der Waals surface area contributed by atoms with Crippen LogP contribution in [0.4, 0.5) is 5.82 Å². The quantitative estimate of drug-likeness (QED) is 0.328. The fourth-order valence-corrected chi connectivity index (χ4v) is 4.53. The number of pyridine rings is 1. The van der Waals surface area contributed by atoms with Crippen LogP contribution in [0.3, 0.4) is 0 Å². The van der Waals surface area contributed by atoms with Crippen molar-refractivity contribution in [2.24, 2.45) is 11.1 Å². The first-order valence-corrected chi connectivity index (χ1v) is 12.5. The molecule has 2 atom stereocenters. The Morgan fingerprint density at radius 3 is 2.94 bits per heavy atom. The minimum Gasteiger partial charge on any atom is -0.367 e. The first-order valence-electron chi connectivity index (χ1n) is 10.6. The lowest BCUT2D eigenvalue weighted by molar-refractivity contribution is 0.103. The van der Waals surface area contributed by atoms with Gasteiger partial charge >= 0.3 is 10.3 Å². The van der Waals surface area contributed by atoms with Gasteiger partial charge in [-0.05, 0) is 50.3 Å². The Bertz CT molecular complexity index is 1300. The van der Waals surface area contributed by atoms with Gasteiger partial charge in [0.25, 0.3) is 0 Å². The molecule has 0 radical (unpaired) electrons. The van der Waals surface area contributed by atoms with Gasteiger partial charge in [-0.2, -0.15) is 13.5 Å². The molecule has 0 unspecified atom stereocenters. The molecule has 11 nitrogen and oxygen atoms in total. The number of hydrogen-bond donors (Lipinski definition) is 2. The third-order valence-electron chi connectivity index (χ3n) is 5.61. The second-order valence-electron chi connectivity index (χ2n) is 8.19. The molecule has 3 aromatic heterocycles. The number of hydrogen-bond acceptors (Lipinski definition) is 9. The van der Waals surface area contributed by atoms with Crippen molar-refractivity contribution >= 4 is 33.5 Å². The molecule has 0 bridgehead atoms. The Hall–Kier alpha value is -2.93. The Kier molecular flexibility index (Phi) is 7.22. The molecule has 3 aromatic rings. The zero-order chi connectivity index (χ0) is 24.3. The number of aromatic nitrogens is 5. The first-order chi connectivity index (χ1) is 16.2. The van der Waals surface area contributed by atoms with E-state index in [9.17, 15) is 13.2 Å². The van der Waals surface area contributed by atoms with Gasteiger partial charge in [-0.1, -0.05) is 17.7 Å². The van der Waals surface area contributed by atoms with Crippen LogP contribution >= 0.6 is 11.6 Å². The van der Waals surface area contributed by atoms with Crippen molar-refractivity contribution in [3.05, 3.63) is 64.6 Å². The Morgan fingerprint density at radius 1 is 1.35 bits per heavy atom. The summed E-state index contributed by atoms with van der Waals surface area (Å²) < 4.78 is 28.5. The molecule has 34 heavy (non-hydrogen) atoms. The maximum atomic E-state index is 13.3. The highest BCUT2D eigenvalue weighted by molar-refractivity contribution is 7.84. The molecule has 3 N–H and O–H groups in total. The van der Waals surface area contributed by atoms with E-state index in [0.717, 1.165) is 24.2 Å². The molecule has 1 fully saturated rings. The van der Waals surface area contributed by atoms with E-state index >= 15 is 0 Å². The SMILES string of the molecule is Cc1cc(C(=O)c2cncnc2N[C@H]2CC[C@@H](COS(N)(=O)=O)C2)nn1Cc1cccc(Cl)n1. The number of ketones is 1. The molecular weight excluding hydrogens is 482 g/mol. The highest BCUT2D eigenvalue weighted by Gasteiger charge is 2.28. The number of carbonyl (C=O) groups excluding carboxylic acids is 1. The minimum absolute atomic E-state index is 0.00345. The number of rotatable bonds is 9. The largest absolute Gasteiger partial charge is 0.367 e. The second kappa shape index (κ2) is 10.1. The molecule has 0 saturated heterocycles. The molecule has 1 saturated carbocycles. The number of anilines is 1. The van der Waals surface area contributed by atoms with E-state index in [1.165, 1.54) is 12.5 Å². The maximum Gasteiger partial charge on any atom is 0.333 e. The van der Waals surface area contributed by atoms with Crippen LogP contribution < -0.4 is 10.5 Å². The number of carbonyl (C=O) groups is 1. The highest BCUT2D eigenvalue weighted by atomic mass is 35.5. The van der Waals surface area contributed by atoms with Crippen molar-refractivity contribution in [3.8, 4) is 0 Å². The number of nitrogens with zero attached hydrogens (tertiary/aromatic N) is 5. The molecule has 180 valence electrons. The summed E-state index contributed by atoms with van der Waals surface area (Å²) in [6.07, 6.45) is 5.03. The number of nitrogens with one attached hydrogen (secondary N) is 1. The van der Waals surface area contributed by atoms with Crippen molar-refractivity contribution in [1.82, 2.24) is 24.7 Å². The van der Waals surface area contributed by atoms with Crippen LogP contribution in [0, 0.1) is 12.8 Å². The standard InChI is InChI=1S/C21H24ClN7O4S/c1-13-7-18(28-29(13)10-16-3-2-4-19(22)26-16)20(30)17-9-24-12-25-21(17)27-15-6-5-14(8-15)11-33-34(23,31)32/h2-4,7,9,12,14-15H,5-6,8,10-11H2,1H3,(H2,23,31,32)(H,24,25,27)/t14-,15+/m1/s1. The van der Waals surface area contributed by atoms with Crippen molar-refractivity contribution in [2.45, 2.75) is 38.8 Å². The van der Waals surface area contributed by atoms with Gasteiger partial charge in [0, 0.05) is 17.9 Å². The Morgan fingerprint density at radius 2 is 2.18 bits per heavy atom. The van der Waals surface area contributed by atoms with Crippen molar-refractivity contribution in [2.75, 3.05) is 11.9 Å². The second-order valence-corrected chi connectivity index (χ2v) is 9.80. The lowest BCUT2D eigenvalue weighted by Crippen LogP contribution is -2.22. The summed E-state index contributed by atoms with van der Waals surface area (Å²) in [5.74, 6) is 0.132. The zero-order valence-electron chi connectivity index (χ0n) is 18.4. The van der Waals surface area contributed by atoms with E-state index in [4.69, 9.17) is 20.9 Å². The summed E-state index contributed by atoms with van der Waals surface area (Å²) in [7, 11) is -3.97. The van der Waals surface area contributed by atoms with Gasteiger partial charge in [0.2, 0.25) is 5.78 Å². The third-order valence-corrected chi connectivity index (χ3v) is 6.28. The molecule has 1 aliphatic carbocycles. The molecular formula is C21H24ClN7O4S. The van der Waals surface area contributed by atoms with Crippen LogP contribution in [0.15, 0.2) is 36.8 Å². The summed E-state index contributed by atoms with van der Waals surface area (Å²) in [4.78, 5) is 25.8. The van der Waals surface area contributed by atoms with Gasteiger partial charge < -0.3 is 5.32 Å². The van der Waals surface area contributed by atoms with Gasteiger partial charge in [0.1, 0.15) is 23.0 Å². The maximum absolute atomic E-state index is 13.3. The molecule has 1 aliphatic rings. The van der Waals surface area contributed by atoms with Crippen molar-refractivity contribution in [3.63, 3.8) is 0 Å². The van der Waals surface area contributed by atoms with Crippen LogP contribution in [0.25, 0.3) is 0 Å². The summed E-state index contributed by atoms with van der Waals surface area (Å²) in [5, 5.41) is 13.0. The predicted molar refractivity (Wildman–Crippen MR) is 125 cm³/mol. The van der Waals surface area contributed by atoms with Gasteiger partial charge in [0.05, 0.1) is 24.4 Å². The summed E-state index contributed by atoms with van der Waals surface area (Å²) in [6, 6.07) is 7.05. The fourth-order valence-electron chi connectivity index (χ4n) is 3.96. The first kappa shape index (κ1) is 24.2. The number of aryl methyl sites for hydroxylation is 1. The lowest BCUT2D eigenvalue weighted by atomic mass is 10.1. The Labute approximate surface area is 202 Å². The van der Waals surface area contributed by atoms with Gasteiger partial charge in [-0.25, -0.2) is 20.1 Å². The summed E-state index contributed by atoms with van der Waals surface area (Å²) >= 11 is 5.97. The smallest absolute Gasteiger partial charge is 0.333 e. The zero-order valence-corrected chi connectivity index (χ0v) is 20.0. The topological polar surface area (TPSA) is 155 Å². The molecule has 3 heterocycles. The lowest BCUT2D eigenvalue weighted by Gasteiger charge is -2.15. The van der Waals surface area contributed by atoms with Crippen LogP contribution in [-0.4, -0.2) is 51.6 Å². The van der Waals surface area contributed by atoms with Gasteiger partial charge in [0.15, 0.2) is 0 Å². The third kappa shape index (κ3) is 6.14. The molecule has 0 aliphatic heterocycles. The van der Waals surface area contributed by atoms with E-state index < -0.39 is 10.3 Å². The Balaban J connectivity index is 1.46. The summed E-state index contributed by atoms with van der Waals surface area (Å²) in [6.45, 7) is 2.27. The van der Waals surface area contributed by atoms with Crippen LogP contribution in [-0.2, 0) is 21.0 Å². The van der Waals surface area contributed by atoms with E-state index in [1.807, 2.05) is 19.1 Å². The van der Waals surface area contributed by atoms with Gasteiger partial charge in [-0.3, -0.25) is 13.7 Å². The molecule has 4 rings (SSSR count). The number of halogens is 1. The molecule has 13 heteroatoms. The van der Waals surface area contributed by atoms with Gasteiger partial charge in [-0.15, -0.1) is 0 Å². The fraction of sp³-hybridized carbons (Fsp3) is 0.381. The van der Waals surface area contributed by atoms with Crippen LogP contribution in [0.2, 0.25) is 5.15 Å². The molecule has 0 aromatic carbocycles. The van der Waals surface area contributed by atoms with E-state index in [-0.39, 0.29) is 30.0 Å². The summed E-state index contributed by atoms with van der Waals surface area (Å²) in [5.41, 5.74) is 2.09. The van der Waals surface area contributed by atoms with E-state index in [0.29, 0.717) is 29.5 Å². The average Bonchev–Trinajstić information content (AvgIpc) is 3.38.